The van der Waals surface area contributed by atoms with E-state index in [2.05, 4.69) is 74.6 Å². The molecular formula is C49H90NO7P. The van der Waals surface area contributed by atoms with Crippen LogP contribution < -0.4 is 4.89 Å². The molecule has 8 nitrogen and oxygen atoms in total. The van der Waals surface area contributed by atoms with Gasteiger partial charge in [0.2, 0.25) is 0 Å². The average molecular weight is 836 g/mol. The fraction of sp³-hybridized carbons (Fsp3) is 0.776. The van der Waals surface area contributed by atoms with E-state index in [1.54, 1.807) is 0 Å². The summed E-state index contributed by atoms with van der Waals surface area (Å²) in [6.07, 6.45) is 52.5. The van der Waals surface area contributed by atoms with E-state index in [0.717, 1.165) is 77.0 Å². The van der Waals surface area contributed by atoms with Crippen LogP contribution in [0.25, 0.3) is 0 Å². The lowest BCUT2D eigenvalue weighted by molar-refractivity contribution is -0.870. The zero-order valence-electron chi connectivity index (χ0n) is 38.2. The van der Waals surface area contributed by atoms with Crippen LogP contribution >= 0.6 is 7.82 Å². The maximum atomic E-state index is 12.6. The van der Waals surface area contributed by atoms with Gasteiger partial charge in [-0.1, -0.05) is 171 Å². The van der Waals surface area contributed by atoms with Gasteiger partial charge in [-0.3, -0.25) is 9.36 Å². The second kappa shape index (κ2) is 41.9. The highest BCUT2D eigenvalue weighted by molar-refractivity contribution is 7.45. The first-order chi connectivity index (χ1) is 28.1. The van der Waals surface area contributed by atoms with Gasteiger partial charge in [0, 0.05) is 13.0 Å². The van der Waals surface area contributed by atoms with Gasteiger partial charge in [0.1, 0.15) is 19.3 Å². The van der Waals surface area contributed by atoms with Gasteiger partial charge in [0.05, 0.1) is 34.4 Å². The van der Waals surface area contributed by atoms with Gasteiger partial charge in [-0.2, -0.15) is 0 Å². The summed E-state index contributed by atoms with van der Waals surface area (Å²) in [5.41, 5.74) is 0. The van der Waals surface area contributed by atoms with Gasteiger partial charge in [0.15, 0.2) is 0 Å². The quantitative estimate of drug-likeness (QED) is 0.0198. The third-order valence-electron chi connectivity index (χ3n) is 9.78. The third-order valence-corrected chi connectivity index (χ3v) is 10.7. The molecule has 0 rings (SSSR count). The van der Waals surface area contributed by atoms with Crippen LogP contribution in [-0.4, -0.2) is 70.7 Å². The Bertz CT molecular complexity index is 1110. The smallest absolute Gasteiger partial charge is 0.306 e. The molecule has 0 spiro atoms. The predicted molar refractivity (Wildman–Crippen MR) is 245 cm³/mol. The average Bonchev–Trinajstić information content (AvgIpc) is 3.18. The highest BCUT2D eigenvalue weighted by Gasteiger charge is 2.20. The number of carbonyl (C=O) groups excluding carboxylic acids is 1. The first kappa shape index (κ1) is 56.2. The number of phosphoric acid groups is 1. The number of esters is 1. The molecule has 0 fully saturated rings. The lowest BCUT2D eigenvalue weighted by Crippen LogP contribution is -2.37. The molecule has 0 aromatic carbocycles. The van der Waals surface area contributed by atoms with Crippen LogP contribution in [0.3, 0.4) is 0 Å². The van der Waals surface area contributed by atoms with Crippen molar-refractivity contribution in [1.82, 2.24) is 0 Å². The van der Waals surface area contributed by atoms with Crippen LogP contribution in [-0.2, 0) is 27.9 Å². The van der Waals surface area contributed by atoms with Crippen molar-refractivity contribution in [1.29, 1.82) is 0 Å². The first-order valence-electron chi connectivity index (χ1n) is 23.5. The van der Waals surface area contributed by atoms with Crippen molar-refractivity contribution in [2.45, 2.75) is 193 Å². The Labute approximate surface area is 358 Å². The largest absolute Gasteiger partial charge is 0.756 e. The molecule has 0 saturated carbocycles. The second-order valence-electron chi connectivity index (χ2n) is 16.7. The molecule has 0 bridgehead atoms. The molecule has 0 aromatic rings. The number of hydrogen-bond donors (Lipinski definition) is 0. The highest BCUT2D eigenvalue weighted by atomic mass is 31.2. The second-order valence-corrected chi connectivity index (χ2v) is 18.1. The first-order valence-corrected chi connectivity index (χ1v) is 25.0. The molecule has 0 N–H and O–H groups in total. The topological polar surface area (TPSA) is 94.1 Å². The van der Waals surface area contributed by atoms with Crippen molar-refractivity contribution in [2.75, 3.05) is 54.1 Å². The van der Waals surface area contributed by atoms with Crippen molar-refractivity contribution < 1.29 is 37.3 Å². The fourth-order valence-electron chi connectivity index (χ4n) is 6.19. The van der Waals surface area contributed by atoms with E-state index in [9.17, 15) is 14.3 Å². The summed E-state index contributed by atoms with van der Waals surface area (Å²) in [6, 6.07) is 0. The number of likely N-dealkylation sites (N-methyl/N-ethyl adjacent to an activating group) is 1. The molecule has 0 aromatic heterocycles. The minimum atomic E-state index is -4.53. The number of nitrogens with zero attached hydrogens (tertiary/aromatic N) is 1. The van der Waals surface area contributed by atoms with Crippen molar-refractivity contribution in [2.24, 2.45) is 0 Å². The highest BCUT2D eigenvalue weighted by Crippen LogP contribution is 2.38. The minimum absolute atomic E-state index is 0.0227. The summed E-state index contributed by atoms with van der Waals surface area (Å²) in [7, 11) is 1.35. The summed E-state index contributed by atoms with van der Waals surface area (Å²) < 4.78 is 34.6. The predicted octanol–water partition coefficient (Wildman–Crippen LogP) is 13.5. The Morgan fingerprint density at radius 3 is 1.52 bits per heavy atom. The number of unbranched alkanes of at least 4 members (excludes halogenated alkanes) is 19. The molecule has 2 atom stereocenters. The summed E-state index contributed by atoms with van der Waals surface area (Å²) >= 11 is 0. The molecule has 338 valence electrons. The Kier molecular flexibility index (Phi) is 40.6. The van der Waals surface area contributed by atoms with Gasteiger partial charge in [-0.25, -0.2) is 0 Å². The molecule has 0 saturated heterocycles. The van der Waals surface area contributed by atoms with Crippen LogP contribution in [0.5, 0.6) is 0 Å². The molecule has 0 aliphatic carbocycles. The third kappa shape index (κ3) is 45.3. The summed E-state index contributed by atoms with van der Waals surface area (Å²) in [5, 5.41) is 0. The van der Waals surface area contributed by atoms with Gasteiger partial charge in [-0.15, -0.1) is 0 Å². The normalized spacial score (nSPS) is 14.2. The lowest BCUT2D eigenvalue weighted by atomic mass is 10.0. The maximum absolute atomic E-state index is 12.6. The van der Waals surface area contributed by atoms with Gasteiger partial charge in [0.25, 0.3) is 7.82 Å². The number of rotatable bonds is 43. The summed E-state index contributed by atoms with van der Waals surface area (Å²) in [6.45, 7) is 5.22. The number of carbonyl (C=O) groups is 1. The zero-order valence-corrected chi connectivity index (χ0v) is 39.1. The Morgan fingerprint density at radius 1 is 0.552 bits per heavy atom. The summed E-state index contributed by atoms with van der Waals surface area (Å²) in [5.74, 6) is -0.347. The maximum Gasteiger partial charge on any atom is 0.306 e. The number of allylic oxidation sites excluding steroid dienone is 10. The molecular weight excluding hydrogens is 746 g/mol. The van der Waals surface area contributed by atoms with Crippen molar-refractivity contribution in [3.8, 4) is 0 Å². The van der Waals surface area contributed by atoms with Crippen molar-refractivity contribution in [3.05, 3.63) is 60.8 Å². The monoisotopic (exact) mass is 836 g/mol. The van der Waals surface area contributed by atoms with E-state index < -0.39 is 13.9 Å². The van der Waals surface area contributed by atoms with Crippen molar-refractivity contribution in [3.63, 3.8) is 0 Å². The van der Waals surface area contributed by atoms with E-state index in [-0.39, 0.29) is 25.8 Å². The minimum Gasteiger partial charge on any atom is -0.756 e. The van der Waals surface area contributed by atoms with Gasteiger partial charge < -0.3 is 27.9 Å². The Hall–Kier alpha value is -1.80. The molecule has 0 aliphatic rings. The standard InChI is InChI=1S/C49H90NO7P/c1-6-8-10-12-14-16-18-19-20-21-22-23-24-25-26-27-28-29-30-31-32-33-35-37-39-41-44-54-46-48(47-56-58(52,53)55-45-43-50(3,4)5)57-49(51)42-40-38-36-34-17-15-13-11-9-7-2/h8,10-11,13-14,16,19-20,22-23,48H,6-7,9,12,15,17-18,21,24-47H2,1-5H3/b10-8-,13-11-,16-14-,20-19-,23-22-. The van der Waals surface area contributed by atoms with Crippen LogP contribution in [0.15, 0.2) is 60.8 Å². The molecule has 0 amide bonds. The van der Waals surface area contributed by atoms with Gasteiger partial charge >= 0.3 is 5.97 Å². The number of ether oxygens (including phenoxy) is 2. The molecule has 0 radical (unpaired) electrons. The van der Waals surface area contributed by atoms with E-state index in [0.29, 0.717) is 24.1 Å². The lowest BCUT2D eigenvalue weighted by Gasteiger charge is -2.28. The number of hydrogen-bond acceptors (Lipinski definition) is 7. The Balaban J connectivity index is 4.04. The van der Waals surface area contributed by atoms with Crippen LogP contribution in [0, 0.1) is 0 Å². The van der Waals surface area contributed by atoms with Crippen molar-refractivity contribution >= 4 is 13.8 Å². The van der Waals surface area contributed by atoms with Crippen LogP contribution in [0.1, 0.15) is 187 Å². The van der Waals surface area contributed by atoms with E-state index in [4.69, 9.17) is 18.5 Å². The van der Waals surface area contributed by atoms with Crippen LogP contribution in [0.2, 0.25) is 0 Å². The molecule has 0 heterocycles. The van der Waals surface area contributed by atoms with E-state index in [1.165, 1.54) is 89.9 Å². The molecule has 0 aliphatic heterocycles. The van der Waals surface area contributed by atoms with E-state index >= 15 is 0 Å². The van der Waals surface area contributed by atoms with Crippen LogP contribution in [0.4, 0.5) is 0 Å². The molecule has 9 heteroatoms. The fourth-order valence-corrected chi connectivity index (χ4v) is 6.92. The SMILES string of the molecule is CC/C=C\C/C=C\C/C=C\C/C=C\CCCCCCCCCCCCCCCOCC(COP(=O)([O-])OCC[N+](C)(C)C)OC(=O)CCCCCCC/C=C\CCC. The molecule has 58 heavy (non-hydrogen) atoms. The van der Waals surface area contributed by atoms with Gasteiger partial charge in [-0.05, 0) is 70.6 Å². The van der Waals surface area contributed by atoms with E-state index in [1.807, 2.05) is 21.1 Å². The molecule has 2 unspecified atom stereocenters. The number of quaternary nitrogens is 1. The zero-order chi connectivity index (χ0) is 42.7. The Morgan fingerprint density at radius 2 is 1.00 bits per heavy atom. The number of phosphoric ester groups is 1. The summed E-state index contributed by atoms with van der Waals surface area (Å²) in [4.78, 5) is 25.0.